The number of amides is 1. The lowest BCUT2D eigenvalue weighted by molar-refractivity contribution is 0.0789. The maximum absolute atomic E-state index is 15.3. The number of carbonyl (C=O) groups is 1. The third-order valence-electron chi connectivity index (χ3n) is 5.02. The van der Waals surface area contributed by atoms with Crippen LogP contribution in [0, 0.1) is 17.1 Å². The summed E-state index contributed by atoms with van der Waals surface area (Å²) in [6, 6.07) is 10.5. The third-order valence-corrected chi connectivity index (χ3v) is 7.76. The second-order valence-corrected chi connectivity index (χ2v) is 16.4. The lowest BCUT2D eigenvalue weighted by atomic mass is 10.2. The van der Waals surface area contributed by atoms with E-state index in [0.29, 0.717) is 16.6 Å². The molecule has 3 rings (SSSR count). The van der Waals surface area contributed by atoms with E-state index in [2.05, 4.69) is 45.9 Å². The van der Waals surface area contributed by atoms with Crippen molar-refractivity contribution in [3.63, 3.8) is 0 Å². The van der Waals surface area contributed by atoms with Crippen LogP contribution < -0.4 is 10.1 Å². The molecule has 1 aromatic heterocycles. The summed E-state index contributed by atoms with van der Waals surface area (Å²) in [5, 5.41) is 11.9. The zero-order valence-corrected chi connectivity index (χ0v) is 24.0. The van der Waals surface area contributed by atoms with Crippen LogP contribution in [0.5, 0.6) is 11.5 Å². The molecule has 0 bridgehead atoms. The second-order valence-electron chi connectivity index (χ2n) is 9.12. The molecule has 0 fully saturated rings. The minimum Gasteiger partial charge on any atom is -0.453 e. The Balaban J connectivity index is 1.71. The van der Waals surface area contributed by atoms with Crippen LogP contribution in [0.1, 0.15) is 21.6 Å². The zero-order chi connectivity index (χ0) is 26.5. The smallest absolute Gasteiger partial charge is 0.271 e. The average Bonchev–Trinajstić information content (AvgIpc) is 3.18. The summed E-state index contributed by atoms with van der Waals surface area (Å²) in [4.78, 5) is 16.8. The number of ether oxygens (including phenoxy) is 2. The Morgan fingerprint density at radius 3 is 2.72 bits per heavy atom. The fourth-order valence-electron chi connectivity index (χ4n) is 3.09. The van der Waals surface area contributed by atoms with Crippen molar-refractivity contribution in [2.75, 3.05) is 6.61 Å². The number of hydrogen-bond donors (Lipinski definition) is 1. The molecule has 0 atom stereocenters. The van der Waals surface area contributed by atoms with Gasteiger partial charge in [-0.2, -0.15) is 5.26 Å². The van der Waals surface area contributed by atoms with Gasteiger partial charge in [0.2, 0.25) is 0 Å². The van der Waals surface area contributed by atoms with Gasteiger partial charge in [-0.1, -0.05) is 64.8 Å². The highest BCUT2D eigenvalue weighted by Gasteiger charge is 2.20. The fraction of sp³-hybridized carbons (Fsp3) is 0.292. The molecule has 7 nitrogen and oxygen atoms in total. The molecule has 1 amide bonds. The predicted molar refractivity (Wildman–Crippen MR) is 143 cm³/mol. The fourth-order valence-corrected chi connectivity index (χ4v) is 4.74. The quantitative estimate of drug-likeness (QED) is 0.196. The first-order valence-corrected chi connectivity index (χ1v) is 16.2. The minimum absolute atomic E-state index is 0.0184. The van der Waals surface area contributed by atoms with Crippen molar-refractivity contribution >= 4 is 53.1 Å². The van der Waals surface area contributed by atoms with Crippen LogP contribution in [0.15, 0.2) is 41.1 Å². The molecule has 190 valence electrons. The van der Waals surface area contributed by atoms with Gasteiger partial charge in [0.1, 0.15) is 18.2 Å². The van der Waals surface area contributed by atoms with E-state index < -0.39 is 19.8 Å². The lowest BCUT2D eigenvalue weighted by Gasteiger charge is -2.16. The summed E-state index contributed by atoms with van der Waals surface area (Å²) >= 11 is 15.6. The molecule has 0 saturated heterocycles. The van der Waals surface area contributed by atoms with Crippen LogP contribution >= 0.6 is 39.1 Å². The summed E-state index contributed by atoms with van der Waals surface area (Å²) in [5.41, 5.74) is 0.595. The van der Waals surface area contributed by atoms with E-state index >= 15 is 4.39 Å². The van der Waals surface area contributed by atoms with Crippen LogP contribution in [-0.2, 0) is 18.0 Å². The number of nitrogens with zero attached hydrogens (tertiary/aromatic N) is 3. The summed E-state index contributed by atoms with van der Waals surface area (Å²) in [7, 11) is -1.25. The molecule has 1 heterocycles. The van der Waals surface area contributed by atoms with Gasteiger partial charge in [-0.3, -0.25) is 4.79 Å². The maximum atomic E-state index is 15.3. The van der Waals surface area contributed by atoms with Gasteiger partial charge in [-0.05, 0) is 30.3 Å². The molecular weight excluding hydrogens is 590 g/mol. The number of hydrogen-bond acceptors (Lipinski definition) is 5. The van der Waals surface area contributed by atoms with Gasteiger partial charge in [-0.15, -0.1) is 0 Å². The number of aromatic nitrogens is 2. The summed E-state index contributed by atoms with van der Waals surface area (Å²) < 4.78 is 28.7. The largest absolute Gasteiger partial charge is 0.453 e. The lowest BCUT2D eigenvalue weighted by Crippen LogP contribution is -2.27. The summed E-state index contributed by atoms with van der Waals surface area (Å²) in [5.74, 6) is -1.26. The van der Waals surface area contributed by atoms with Crippen LogP contribution in [0.3, 0.4) is 0 Å². The van der Waals surface area contributed by atoms with Gasteiger partial charge in [0, 0.05) is 31.3 Å². The van der Waals surface area contributed by atoms with Crippen molar-refractivity contribution in [3.05, 3.63) is 73.9 Å². The van der Waals surface area contributed by atoms with Crippen LogP contribution in [0.2, 0.25) is 35.9 Å². The van der Waals surface area contributed by atoms with E-state index in [1.54, 1.807) is 12.1 Å². The van der Waals surface area contributed by atoms with Gasteiger partial charge >= 0.3 is 0 Å². The molecule has 0 aliphatic carbocycles. The first kappa shape index (κ1) is 28.2. The van der Waals surface area contributed by atoms with Crippen LogP contribution in [0.25, 0.3) is 0 Å². The molecule has 0 radical (unpaired) electrons. The maximum Gasteiger partial charge on any atom is 0.271 e. The highest BCUT2D eigenvalue weighted by atomic mass is 79.9. The van der Waals surface area contributed by atoms with Gasteiger partial charge in [-0.25, -0.2) is 9.37 Å². The molecule has 1 N–H and O–H groups in total. The molecule has 2 aromatic carbocycles. The topological polar surface area (TPSA) is 89.2 Å². The van der Waals surface area contributed by atoms with Crippen LogP contribution in [-0.4, -0.2) is 30.1 Å². The van der Waals surface area contributed by atoms with Crippen molar-refractivity contribution in [1.29, 1.82) is 5.26 Å². The average molecular weight is 614 g/mol. The van der Waals surface area contributed by atoms with Gasteiger partial charge < -0.3 is 19.4 Å². The molecule has 0 unspecified atom stereocenters. The first-order valence-electron chi connectivity index (χ1n) is 10.9. The number of nitriles is 1. The van der Waals surface area contributed by atoms with E-state index in [1.807, 2.05) is 6.07 Å². The van der Waals surface area contributed by atoms with Crippen LogP contribution in [0.4, 0.5) is 4.39 Å². The zero-order valence-electron chi connectivity index (χ0n) is 19.9. The number of carbonyl (C=O) groups excluding carboxylic acids is 1. The molecule has 12 heteroatoms. The molecular formula is C24H24BrCl2FN4O3Si. The third kappa shape index (κ3) is 7.54. The Morgan fingerprint density at radius 1 is 1.28 bits per heavy atom. The number of imidazole rings is 1. The van der Waals surface area contributed by atoms with Crippen molar-refractivity contribution in [2.24, 2.45) is 0 Å². The molecule has 0 spiro atoms. The number of halogens is 4. The molecule has 36 heavy (non-hydrogen) atoms. The van der Waals surface area contributed by atoms with Crippen molar-refractivity contribution in [1.82, 2.24) is 14.9 Å². The van der Waals surface area contributed by atoms with E-state index in [4.69, 9.17) is 37.9 Å². The Morgan fingerprint density at radius 2 is 2.03 bits per heavy atom. The first-order chi connectivity index (χ1) is 17.0. The Hall–Kier alpha value is -2.42. The standard InChI is InChI=1S/C24H24BrCl2FN4O3Si/c1-36(2,3)7-6-34-14-32-13-31-23(27)21(32)24(33)30-12-16-4-5-19(26)22(20(16)28)35-18-9-15(11-29)8-17(25)10-18/h4-5,8-10,13H,6-7,12,14H2,1-3H3,(H,30,33). The number of rotatable bonds is 10. The van der Waals surface area contributed by atoms with E-state index in [1.165, 1.54) is 29.1 Å². The van der Waals surface area contributed by atoms with E-state index in [-0.39, 0.29) is 46.2 Å². The molecule has 0 aliphatic heterocycles. The Kier molecular flexibility index (Phi) is 9.55. The number of nitrogens with one attached hydrogen (secondary N) is 1. The van der Waals surface area contributed by atoms with Crippen molar-refractivity contribution < 1.29 is 18.7 Å². The molecule has 0 saturated carbocycles. The number of benzene rings is 2. The Labute approximate surface area is 228 Å². The van der Waals surface area contributed by atoms with Crippen molar-refractivity contribution in [3.8, 4) is 17.6 Å². The Bertz CT molecular complexity index is 1310. The summed E-state index contributed by atoms with van der Waals surface area (Å²) in [6.07, 6.45) is 1.42. The van der Waals surface area contributed by atoms with Gasteiger partial charge in [0.05, 0.1) is 23.0 Å². The normalized spacial score (nSPS) is 11.3. The predicted octanol–water partition coefficient (Wildman–Crippen LogP) is 7.00. The summed E-state index contributed by atoms with van der Waals surface area (Å²) in [6.45, 7) is 7.28. The second kappa shape index (κ2) is 12.2. The highest BCUT2D eigenvalue weighted by Crippen LogP contribution is 2.35. The minimum atomic E-state index is -1.25. The molecule has 0 aliphatic rings. The highest BCUT2D eigenvalue weighted by molar-refractivity contribution is 9.10. The SMILES string of the molecule is C[Si](C)(C)CCOCn1cnc(Cl)c1C(=O)NCc1ccc(Cl)c(Oc2cc(Br)cc(C#N)c2)c1F. The monoisotopic (exact) mass is 612 g/mol. The van der Waals surface area contributed by atoms with Gasteiger partial charge in [0.25, 0.3) is 5.91 Å². The van der Waals surface area contributed by atoms with E-state index in [0.717, 1.165) is 6.04 Å². The van der Waals surface area contributed by atoms with E-state index in [9.17, 15) is 4.79 Å². The molecule has 3 aromatic rings. The van der Waals surface area contributed by atoms with Gasteiger partial charge in [0.15, 0.2) is 16.7 Å². The van der Waals surface area contributed by atoms with Crippen molar-refractivity contribution in [2.45, 2.75) is 39.0 Å².